The van der Waals surface area contributed by atoms with Crippen molar-refractivity contribution in [2.45, 2.75) is 24.8 Å². The van der Waals surface area contributed by atoms with Crippen LogP contribution >= 0.6 is 0 Å². The van der Waals surface area contributed by atoms with Gasteiger partial charge in [-0.15, -0.1) is 0 Å². The standard InChI is InChI=1S/C12H14N2O4S/c1-8(12(15)16)9(2)14-19(17,18)11-6-4-3-5-10(11)7-13/h3-6,8-9,14H,1-2H3,(H,15,16). The summed E-state index contributed by atoms with van der Waals surface area (Å²) in [5, 5.41) is 17.7. The lowest BCUT2D eigenvalue weighted by Crippen LogP contribution is -2.40. The van der Waals surface area contributed by atoms with Crippen LogP contribution in [0.5, 0.6) is 0 Å². The second-order valence-electron chi connectivity index (χ2n) is 4.14. The van der Waals surface area contributed by atoms with Crippen molar-refractivity contribution in [3.63, 3.8) is 0 Å². The van der Waals surface area contributed by atoms with Crippen LogP contribution in [0.25, 0.3) is 0 Å². The Balaban J connectivity index is 3.06. The molecule has 0 spiro atoms. The molecule has 19 heavy (non-hydrogen) atoms. The van der Waals surface area contributed by atoms with Gasteiger partial charge in [-0.1, -0.05) is 19.1 Å². The van der Waals surface area contributed by atoms with Crippen molar-refractivity contribution in [2.24, 2.45) is 5.92 Å². The van der Waals surface area contributed by atoms with E-state index in [0.29, 0.717) is 0 Å². The third-order valence-electron chi connectivity index (χ3n) is 2.78. The molecule has 2 N–H and O–H groups in total. The van der Waals surface area contributed by atoms with Crippen LogP contribution < -0.4 is 4.72 Å². The molecule has 0 aromatic heterocycles. The van der Waals surface area contributed by atoms with Gasteiger partial charge in [0.05, 0.1) is 16.4 Å². The van der Waals surface area contributed by atoms with Crippen LogP contribution in [0.2, 0.25) is 0 Å². The van der Waals surface area contributed by atoms with Gasteiger partial charge in [0, 0.05) is 6.04 Å². The maximum atomic E-state index is 12.1. The molecule has 7 heteroatoms. The van der Waals surface area contributed by atoms with Gasteiger partial charge in [-0.2, -0.15) is 5.26 Å². The highest BCUT2D eigenvalue weighted by molar-refractivity contribution is 7.89. The zero-order valence-corrected chi connectivity index (χ0v) is 11.3. The first-order valence-corrected chi connectivity index (χ1v) is 7.02. The van der Waals surface area contributed by atoms with Crippen LogP contribution in [-0.2, 0) is 14.8 Å². The van der Waals surface area contributed by atoms with E-state index in [2.05, 4.69) is 4.72 Å². The molecule has 0 aliphatic rings. The molecule has 0 saturated heterocycles. The van der Waals surface area contributed by atoms with Crippen molar-refractivity contribution in [1.29, 1.82) is 5.26 Å². The maximum absolute atomic E-state index is 12.1. The van der Waals surface area contributed by atoms with E-state index in [4.69, 9.17) is 10.4 Å². The molecule has 0 aliphatic heterocycles. The fraction of sp³-hybridized carbons (Fsp3) is 0.333. The minimum atomic E-state index is -3.92. The fourth-order valence-corrected chi connectivity index (χ4v) is 2.90. The molecule has 0 heterocycles. The largest absolute Gasteiger partial charge is 0.481 e. The number of benzene rings is 1. The number of rotatable bonds is 5. The number of hydrogen-bond donors (Lipinski definition) is 2. The molecular weight excluding hydrogens is 268 g/mol. The molecule has 0 aliphatic carbocycles. The molecule has 0 fully saturated rings. The number of carboxylic acid groups (broad SMARTS) is 1. The Morgan fingerprint density at radius 2 is 1.95 bits per heavy atom. The van der Waals surface area contributed by atoms with Gasteiger partial charge in [-0.3, -0.25) is 4.79 Å². The molecule has 102 valence electrons. The fourth-order valence-electron chi connectivity index (χ4n) is 1.42. The lowest BCUT2D eigenvalue weighted by molar-refractivity contribution is -0.141. The number of carbonyl (C=O) groups is 1. The van der Waals surface area contributed by atoms with E-state index in [0.717, 1.165) is 0 Å². The molecule has 0 bridgehead atoms. The van der Waals surface area contributed by atoms with Crippen molar-refractivity contribution in [3.05, 3.63) is 29.8 Å². The Morgan fingerprint density at radius 1 is 1.37 bits per heavy atom. The van der Waals surface area contributed by atoms with Crippen molar-refractivity contribution in [1.82, 2.24) is 4.72 Å². The molecule has 1 aromatic carbocycles. The summed E-state index contributed by atoms with van der Waals surface area (Å²) in [6.07, 6.45) is 0. The zero-order valence-electron chi connectivity index (χ0n) is 10.5. The highest BCUT2D eigenvalue weighted by Gasteiger charge is 2.26. The van der Waals surface area contributed by atoms with E-state index in [9.17, 15) is 13.2 Å². The Bertz CT molecular complexity index is 619. The Labute approximate surface area is 111 Å². The summed E-state index contributed by atoms with van der Waals surface area (Å²) in [5.74, 6) is -1.97. The Hall–Kier alpha value is -1.91. The summed E-state index contributed by atoms with van der Waals surface area (Å²) in [4.78, 5) is 10.6. The number of aliphatic carboxylic acids is 1. The summed E-state index contributed by atoms with van der Waals surface area (Å²) < 4.78 is 26.5. The predicted octanol–water partition coefficient (Wildman–Crippen LogP) is 0.946. The molecule has 2 atom stereocenters. The average molecular weight is 282 g/mol. The van der Waals surface area contributed by atoms with Gasteiger partial charge in [0.2, 0.25) is 10.0 Å². The first-order chi connectivity index (χ1) is 8.79. The molecule has 1 rings (SSSR count). The lowest BCUT2D eigenvalue weighted by atomic mass is 10.1. The number of nitrogens with zero attached hydrogens (tertiary/aromatic N) is 1. The van der Waals surface area contributed by atoms with Gasteiger partial charge in [-0.25, -0.2) is 13.1 Å². The molecular formula is C12H14N2O4S. The third-order valence-corrected chi connectivity index (χ3v) is 4.39. The van der Waals surface area contributed by atoms with Gasteiger partial charge in [0.1, 0.15) is 6.07 Å². The normalized spacial score (nSPS) is 14.4. The van der Waals surface area contributed by atoms with Crippen LogP contribution in [0.4, 0.5) is 0 Å². The van der Waals surface area contributed by atoms with Crippen LogP contribution in [0.15, 0.2) is 29.2 Å². The maximum Gasteiger partial charge on any atom is 0.307 e. The highest BCUT2D eigenvalue weighted by Crippen LogP contribution is 2.16. The third kappa shape index (κ3) is 3.53. The number of hydrogen-bond acceptors (Lipinski definition) is 4. The smallest absolute Gasteiger partial charge is 0.307 e. The van der Waals surface area contributed by atoms with Crippen molar-refractivity contribution >= 4 is 16.0 Å². The van der Waals surface area contributed by atoms with Crippen molar-refractivity contribution in [2.75, 3.05) is 0 Å². The van der Waals surface area contributed by atoms with E-state index in [1.807, 2.05) is 0 Å². The first kappa shape index (κ1) is 15.1. The van der Waals surface area contributed by atoms with E-state index < -0.39 is 28.0 Å². The lowest BCUT2D eigenvalue weighted by Gasteiger charge is -2.18. The minimum absolute atomic E-state index is 0.0187. The van der Waals surface area contributed by atoms with Gasteiger partial charge >= 0.3 is 5.97 Å². The number of nitrogens with one attached hydrogen (secondary N) is 1. The molecule has 0 radical (unpaired) electrons. The Morgan fingerprint density at radius 3 is 2.47 bits per heavy atom. The van der Waals surface area contributed by atoms with Crippen molar-refractivity contribution in [3.8, 4) is 6.07 Å². The molecule has 6 nitrogen and oxygen atoms in total. The average Bonchev–Trinajstić information content (AvgIpc) is 2.37. The van der Waals surface area contributed by atoms with Gasteiger partial charge < -0.3 is 5.11 Å². The van der Waals surface area contributed by atoms with E-state index >= 15 is 0 Å². The van der Waals surface area contributed by atoms with Crippen molar-refractivity contribution < 1.29 is 18.3 Å². The summed E-state index contributed by atoms with van der Waals surface area (Å²) in [7, 11) is -3.92. The summed E-state index contributed by atoms with van der Waals surface area (Å²) in [5.41, 5.74) is 0.0187. The quantitative estimate of drug-likeness (QED) is 0.836. The number of nitriles is 1. The Kier molecular flexibility index (Phi) is 4.64. The number of carboxylic acids is 1. The number of sulfonamides is 1. The predicted molar refractivity (Wildman–Crippen MR) is 67.7 cm³/mol. The van der Waals surface area contributed by atoms with E-state index in [1.54, 1.807) is 12.1 Å². The molecule has 0 saturated carbocycles. The summed E-state index contributed by atoms with van der Waals surface area (Å²) >= 11 is 0. The van der Waals surface area contributed by atoms with Gasteiger partial charge in [0.25, 0.3) is 0 Å². The topological polar surface area (TPSA) is 107 Å². The summed E-state index contributed by atoms with van der Waals surface area (Å²) in [6.45, 7) is 2.87. The molecule has 0 amide bonds. The second kappa shape index (κ2) is 5.82. The molecule has 1 aromatic rings. The van der Waals surface area contributed by atoms with Crippen LogP contribution in [-0.4, -0.2) is 25.5 Å². The summed E-state index contributed by atoms with van der Waals surface area (Å²) in [6, 6.07) is 6.76. The van der Waals surface area contributed by atoms with Crippen LogP contribution in [0, 0.1) is 17.2 Å². The SMILES string of the molecule is CC(NS(=O)(=O)c1ccccc1C#N)C(C)C(=O)O. The molecule has 2 unspecified atom stereocenters. The van der Waals surface area contributed by atoms with E-state index in [1.165, 1.54) is 32.0 Å². The van der Waals surface area contributed by atoms with Gasteiger partial charge in [-0.05, 0) is 19.1 Å². The van der Waals surface area contributed by atoms with Crippen LogP contribution in [0.1, 0.15) is 19.4 Å². The monoisotopic (exact) mass is 282 g/mol. The highest BCUT2D eigenvalue weighted by atomic mass is 32.2. The first-order valence-electron chi connectivity index (χ1n) is 5.54. The zero-order chi connectivity index (χ0) is 14.6. The minimum Gasteiger partial charge on any atom is -0.481 e. The van der Waals surface area contributed by atoms with E-state index in [-0.39, 0.29) is 10.5 Å². The van der Waals surface area contributed by atoms with Gasteiger partial charge in [0.15, 0.2) is 0 Å². The second-order valence-corrected chi connectivity index (χ2v) is 5.83. The van der Waals surface area contributed by atoms with Crippen LogP contribution in [0.3, 0.4) is 0 Å².